The van der Waals surface area contributed by atoms with Crippen molar-refractivity contribution in [3.05, 3.63) is 72.3 Å². The fourth-order valence-corrected chi connectivity index (χ4v) is 4.23. The molecule has 0 radical (unpaired) electrons. The van der Waals surface area contributed by atoms with Gasteiger partial charge in [0.15, 0.2) is 11.4 Å². The largest absolute Gasteiger partial charge is 1.00 e. The molecule has 0 aliphatic carbocycles. The minimum absolute atomic E-state index is 0. The Kier molecular flexibility index (Phi) is 6.61. The van der Waals surface area contributed by atoms with E-state index in [-0.39, 0.29) is 23.1 Å². The third-order valence-electron chi connectivity index (χ3n) is 4.98. The fraction of sp³-hybridized carbons (Fsp3) is 0.143. The Bertz CT molecular complexity index is 1200. The van der Waals surface area contributed by atoms with Crippen LogP contribution in [0.4, 0.5) is 22.7 Å². The molecule has 4 rings (SSSR count). The van der Waals surface area contributed by atoms with Crippen LogP contribution in [0.3, 0.4) is 0 Å². The number of fused-ring (bicyclic) bond motifs is 1. The SMILES string of the molecule is CN1Cc2ccc(N)c(N=Nc3ccc(S(=O)(=O)Oc4ccccc4)cc3)c2[NH+]1C.[Cl-]. The number of para-hydroxylation sites is 1. The molecule has 0 amide bonds. The summed E-state index contributed by atoms with van der Waals surface area (Å²) < 4.78 is 30.0. The van der Waals surface area contributed by atoms with Gasteiger partial charge in [-0.2, -0.15) is 18.5 Å². The topological polar surface area (TPSA) is 102 Å². The van der Waals surface area contributed by atoms with Crippen molar-refractivity contribution in [2.45, 2.75) is 11.4 Å². The van der Waals surface area contributed by atoms with Crippen molar-refractivity contribution in [2.75, 3.05) is 19.8 Å². The van der Waals surface area contributed by atoms with Crippen molar-refractivity contribution < 1.29 is 30.0 Å². The van der Waals surface area contributed by atoms with Gasteiger partial charge in [-0.05, 0) is 48.5 Å². The molecule has 1 heterocycles. The van der Waals surface area contributed by atoms with Gasteiger partial charge in [-0.15, -0.1) is 5.11 Å². The zero-order valence-electron chi connectivity index (χ0n) is 17.0. The summed E-state index contributed by atoms with van der Waals surface area (Å²) in [4.78, 5) is 0.0382. The van der Waals surface area contributed by atoms with Gasteiger partial charge >= 0.3 is 10.1 Å². The van der Waals surface area contributed by atoms with Crippen molar-refractivity contribution in [1.29, 1.82) is 0 Å². The van der Waals surface area contributed by atoms with E-state index in [1.807, 2.05) is 26.2 Å². The molecule has 1 aliphatic heterocycles. The van der Waals surface area contributed by atoms with Crippen LogP contribution in [-0.4, -0.2) is 27.5 Å². The number of nitrogens with zero attached hydrogens (tertiary/aromatic N) is 3. The lowest BCUT2D eigenvalue weighted by atomic mass is 10.1. The summed E-state index contributed by atoms with van der Waals surface area (Å²) in [6, 6.07) is 18.2. The first-order valence-electron chi connectivity index (χ1n) is 9.33. The van der Waals surface area contributed by atoms with E-state index in [1.165, 1.54) is 12.1 Å². The molecule has 3 aromatic carbocycles. The smallest absolute Gasteiger partial charge is 0.339 e. The molecule has 162 valence electrons. The monoisotopic (exact) mass is 459 g/mol. The fourth-order valence-electron chi connectivity index (χ4n) is 3.30. The highest BCUT2D eigenvalue weighted by Crippen LogP contribution is 2.36. The van der Waals surface area contributed by atoms with Gasteiger partial charge in [0.2, 0.25) is 0 Å². The summed E-state index contributed by atoms with van der Waals surface area (Å²) in [6.07, 6.45) is 0. The molecule has 0 bridgehead atoms. The van der Waals surface area contributed by atoms with E-state index in [9.17, 15) is 8.42 Å². The minimum atomic E-state index is -3.93. The maximum atomic E-state index is 12.4. The van der Waals surface area contributed by atoms with E-state index < -0.39 is 10.1 Å². The molecule has 0 fully saturated rings. The van der Waals surface area contributed by atoms with Crippen LogP contribution in [0.5, 0.6) is 5.75 Å². The molecule has 0 spiro atoms. The maximum absolute atomic E-state index is 12.4. The summed E-state index contributed by atoms with van der Waals surface area (Å²) in [5.74, 6) is 0.256. The Morgan fingerprint density at radius 2 is 1.68 bits per heavy atom. The Labute approximate surface area is 187 Å². The van der Waals surface area contributed by atoms with Crippen molar-refractivity contribution in [1.82, 2.24) is 5.01 Å². The minimum Gasteiger partial charge on any atom is -1.00 e. The number of rotatable bonds is 5. The molecule has 0 saturated heterocycles. The van der Waals surface area contributed by atoms with Crippen LogP contribution in [0.2, 0.25) is 0 Å². The lowest BCUT2D eigenvalue weighted by Gasteiger charge is -2.15. The Hall–Kier alpha value is -2.98. The molecule has 1 atom stereocenters. The van der Waals surface area contributed by atoms with Crippen LogP contribution in [0.15, 0.2) is 81.9 Å². The number of quaternary nitrogens is 1. The van der Waals surface area contributed by atoms with Crippen molar-refractivity contribution >= 4 is 32.9 Å². The molecular formula is C21H22ClN5O3S. The average molecular weight is 460 g/mol. The molecule has 10 heteroatoms. The van der Waals surface area contributed by atoms with E-state index in [0.29, 0.717) is 17.1 Å². The Balaban J connectivity index is 0.00000272. The van der Waals surface area contributed by atoms with Gasteiger partial charge < -0.3 is 22.3 Å². The van der Waals surface area contributed by atoms with Crippen LogP contribution < -0.4 is 27.3 Å². The Morgan fingerprint density at radius 3 is 2.35 bits per heavy atom. The van der Waals surface area contributed by atoms with Crippen molar-refractivity contribution in [3.63, 3.8) is 0 Å². The average Bonchev–Trinajstić information content (AvgIpc) is 3.02. The van der Waals surface area contributed by atoms with E-state index in [2.05, 4.69) is 15.2 Å². The lowest BCUT2D eigenvalue weighted by Crippen LogP contribution is -3.08. The normalized spacial score (nSPS) is 16.1. The zero-order valence-corrected chi connectivity index (χ0v) is 18.6. The molecular weight excluding hydrogens is 438 g/mol. The highest BCUT2D eigenvalue weighted by molar-refractivity contribution is 7.87. The van der Waals surface area contributed by atoms with Gasteiger partial charge in [0.1, 0.15) is 10.6 Å². The van der Waals surface area contributed by atoms with Gasteiger partial charge in [-0.25, -0.2) is 5.01 Å². The van der Waals surface area contributed by atoms with Crippen LogP contribution in [0.25, 0.3) is 0 Å². The van der Waals surface area contributed by atoms with Gasteiger partial charge in [-0.1, -0.05) is 18.2 Å². The van der Waals surface area contributed by atoms with Gasteiger partial charge in [-0.3, -0.25) is 0 Å². The summed E-state index contributed by atoms with van der Waals surface area (Å²) >= 11 is 0. The second kappa shape index (κ2) is 9.03. The quantitative estimate of drug-likeness (QED) is 0.317. The number of anilines is 1. The molecule has 8 nitrogen and oxygen atoms in total. The van der Waals surface area contributed by atoms with Gasteiger partial charge in [0.05, 0.1) is 25.0 Å². The standard InChI is InChI=1S/C21H21N5O3S.ClH/c1-25-14-15-8-13-19(22)20(21(15)26(25)2)24-23-16-9-11-18(12-10-16)30(27,28)29-17-6-4-3-5-7-17;/h3-13H,14,22H2,1-2H3;1H. The van der Waals surface area contributed by atoms with E-state index in [1.54, 1.807) is 42.5 Å². The number of nitrogens with two attached hydrogens (primary N) is 1. The summed E-state index contributed by atoms with van der Waals surface area (Å²) in [5.41, 5.74) is 9.96. The van der Waals surface area contributed by atoms with Crippen LogP contribution in [0.1, 0.15) is 5.56 Å². The first-order valence-corrected chi connectivity index (χ1v) is 10.7. The predicted molar refractivity (Wildman–Crippen MR) is 114 cm³/mol. The van der Waals surface area contributed by atoms with Gasteiger partial charge in [0, 0.05) is 12.6 Å². The first-order chi connectivity index (χ1) is 14.3. The van der Waals surface area contributed by atoms with E-state index in [0.717, 1.165) is 22.8 Å². The number of azo groups is 1. The summed E-state index contributed by atoms with van der Waals surface area (Å²) in [6.45, 7) is 0.804. The first kappa shape index (κ1) is 22.7. The number of benzene rings is 3. The number of nitrogen functional groups attached to an aromatic ring is 1. The maximum Gasteiger partial charge on any atom is 0.339 e. The number of halogens is 1. The number of hydrogen-bond donors (Lipinski definition) is 2. The van der Waals surface area contributed by atoms with Crippen molar-refractivity contribution in [3.8, 4) is 5.75 Å². The molecule has 1 aliphatic rings. The van der Waals surface area contributed by atoms with Gasteiger partial charge in [0.25, 0.3) is 0 Å². The zero-order chi connectivity index (χ0) is 21.3. The predicted octanol–water partition coefficient (Wildman–Crippen LogP) is -0.0375. The summed E-state index contributed by atoms with van der Waals surface area (Å²) in [7, 11) is 0.115. The second-order valence-corrected chi connectivity index (χ2v) is 8.57. The van der Waals surface area contributed by atoms with Crippen molar-refractivity contribution in [2.24, 2.45) is 10.2 Å². The molecule has 1 unspecified atom stereocenters. The lowest BCUT2D eigenvalue weighted by molar-refractivity contribution is -0.931. The molecule has 31 heavy (non-hydrogen) atoms. The number of hydrogen-bond acceptors (Lipinski definition) is 7. The van der Waals surface area contributed by atoms with Crippen LogP contribution in [-0.2, 0) is 16.7 Å². The third-order valence-corrected chi connectivity index (χ3v) is 6.24. The molecule has 0 aromatic heterocycles. The summed E-state index contributed by atoms with van der Waals surface area (Å²) in [5, 5.41) is 11.8. The number of nitrogens with one attached hydrogen (secondary N) is 1. The highest BCUT2D eigenvalue weighted by atomic mass is 35.5. The molecule has 3 aromatic rings. The Morgan fingerprint density at radius 1 is 1.00 bits per heavy atom. The highest BCUT2D eigenvalue weighted by Gasteiger charge is 2.31. The second-order valence-electron chi connectivity index (χ2n) is 7.02. The molecule has 3 N–H and O–H groups in total. The molecule has 0 saturated carbocycles. The third kappa shape index (κ3) is 4.70. The van der Waals surface area contributed by atoms with E-state index in [4.69, 9.17) is 9.92 Å². The van der Waals surface area contributed by atoms with Crippen LogP contribution in [0, 0.1) is 0 Å². The van der Waals surface area contributed by atoms with E-state index >= 15 is 0 Å². The van der Waals surface area contributed by atoms with Crippen LogP contribution >= 0.6 is 0 Å².